The number of methoxy groups -OCH3 is 2. The van der Waals surface area contributed by atoms with Crippen LogP contribution in [0, 0.1) is 23.2 Å². The van der Waals surface area contributed by atoms with Crippen molar-refractivity contribution in [2.24, 2.45) is 23.2 Å². The van der Waals surface area contributed by atoms with Crippen molar-refractivity contribution in [3.63, 3.8) is 0 Å². The summed E-state index contributed by atoms with van der Waals surface area (Å²) in [6.45, 7) is 1.49. The third-order valence-corrected chi connectivity index (χ3v) is 8.28. The molecule has 2 spiro atoms. The number of esters is 1. The molecule has 5 unspecified atom stereocenters. The molecule has 2 aliphatic heterocycles. The first kappa shape index (κ1) is 18.3. The number of hydrogen-bond acceptors (Lipinski definition) is 5. The summed E-state index contributed by atoms with van der Waals surface area (Å²) in [5.41, 5.74) is -0.524. The number of hydrogen-bond donors (Lipinski definition) is 0. The number of para-hydroxylation sites is 1. The number of carbonyl (C=O) groups is 2. The molecule has 1 saturated heterocycles. The van der Waals surface area contributed by atoms with Crippen LogP contribution in [0.2, 0.25) is 0 Å². The van der Waals surface area contributed by atoms with Crippen molar-refractivity contribution in [3.8, 4) is 11.5 Å². The highest BCUT2D eigenvalue weighted by Crippen LogP contribution is 2.70. The van der Waals surface area contributed by atoms with Gasteiger partial charge in [0.2, 0.25) is 5.91 Å². The van der Waals surface area contributed by atoms with E-state index in [-0.39, 0.29) is 23.9 Å². The van der Waals surface area contributed by atoms with Crippen LogP contribution in [-0.4, -0.2) is 50.2 Å². The van der Waals surface area contributed by atoms with Gasteiger partial charge in [-0.05, 0) is 37.7 Å². The zero-order valence-electron chi connectivity index (χ0n) is 17.4. The zero-order chi connectivity index (χ0) is 20.7. The van der Waals surface area contributed by atoms with E-state index in [4.69, 9.17) is 14.2 Å². The Balaban J connectivity index is 1.58. The van der Waals surface area contributed by atoms with Gasteiger partial charge in [-0.25, -0.2) is 0 Å². The van der Waals surface area contributed by atoms with E-state index in [0.717, 1.165) is 24.3 Å². The predicted molar refractivity (Wildman–Crippen MR) is 108 cm³/mol. The smallest absolute Gasteiger partial charge is 0.310 e. The Morgan fingerprint density at radius 3 is 2.87 bits per heavy atom. The Bertz CT molecular complexity index is 968. The van der Waals surface area contributed by atoms with Crippen LogP contribution in [0.25, 0.3) is 0 Å². The quantitative estimate of drug-likeness (QED) is 0.565. The molecule has 1 amide bonds. The summed E-state index contributed by atoms with van der Waals surface area (Å²) in [6, 6.07) is 5.93. The Morgan fingerprint density at radius 1 is 1.30 bits per heavy atom. The fourth-order valence-electron chi connectivity index (χ4n) is 6.83. The summed E-state index contributed by atoms with van der Waals surface area (Å²) in [7, 11) is 3.06. The molecular formula is C24H27NO5. The first-order valence-corrected chi connectivity index (χ1v) is 11.0. The van der Waals surface area contributed by atoms with Gasteiger partial charge in [-0.3, -0.25) is 9.59 Å². The summed E-state index contributed by atoms with van der Waals surface area (Å²) < 4.78 is 17.4. The van der Waals surface area contributed by atoms with Gasteiger partial charge in [0.1, 0.15) is 6.10 Å². The number of rotatable bonds is 4. The van der Waals surface area contributed by atoms with E-state index in [0.29, 0.717) is 24.6 Å². The third kappa shape index (κ3) is 2.00. The molecule has 0 N–H and O–H groups in total. The predicted octanol–water partition coefficient (Wildman–Crippen LogP) is 2.70. The first-order valence-electron chi connectivity index (χ1n) is 11.0. The number of nitrogens with zero attached hydrogens (tertiary/aromatic N) is 1. The molecule has 0 aromatic heterocycles. The van der Waals surface area contributed by atoms with Crippen LogP contribution in [-0.2, 0) is 19.7 Å². The number of fused-ring (bicyclic) bond motifs is 2. The molecule has 5 atom stereocenters. The van der Waals surface area contributed by atoms with Crippen molar-refractivity contribution >= 4 is 11.9 Å². The molecule has 7 rings (SSSR count). The minimum Gasteiger partial charge on any atom is -0.493 e. The Morgan fingerprint density at radius 2 is 2.13 bits per heavy atom. The molecule has 0 radical (unpaired) electrons. The van der Waals surface area contributed by atoms with E-state index >= 15 is 0 Å². The highest BCUT2D eigenvalue weighted by molar-refractivity contribution is 5.95. The number of benzene rings is 1. The Kier molecular flexibility index (Phi) is 3.67. The van der Waals surface area contributed by atoms with Gasteiger partial charge in [-0.2, -0.15) is 0 Å². The highest BCUT2D eigenvalue weighted by atomic mass is 16.5. The van der Waals surface area contributed by atoms with E-state index in [1.807, 2.05) is 23.1 Å². The Labute approximate surface area is 176 Å². The van der Waals surface area contributed by atoms with Crippen molar-refractivity contribution in [1.82, 2.24) is 4.90 Å². The van der Waals surface area contributed by atoms with Crippen molar-refractivity contribution in [2.45, 2.75) is 37.2 Å². The third-order valence-electron chi connectivity index (χ3n) is 8.28. The number of carbonyl (C=O) groups excluding carboxylic acids is 2. The number of amides is 1. The molecule has 1 aromatic carbocycles. The fourth-order valence-corrected chi connectivity index (χ4v) is 6.83. The van der Waals surface area contributed by atoms with Crippen LogP contribution in [0.3, 0.4) is 0 Å². The molecule has 3 fully saturated rings. The summed E-state index contributed by atoms with van der Waals surface area (Å²) in [5.74, 6) is 1.36. The highest BCUT2D eigenvalue weighted by Gasteiger charge is 2.76. The molecule has 6 nitrogen and oxygen atoms in total. The van der Waals surface area contributed by atoms with Gasteiger partial charge < -0.3 is 19.1 Å². The lowest BCUT2D eigenvalue weighted by molar-refractivity contribution is -0.182. The van der Waals surface area contributed by atoms with Crippen LogP contribution in [0.15, 0.2) is 30.4 Å². The van der Waals surface area contributed by atoms with E-state index in [1.165, 1.54) is 20.0 Å². The minimum absolute atomic E-state index is 0.0646. The van der Waals surface area contributed by atoms with E-state index in [9.17, 15) is 9.59 Å². The SMILES string of the molecule is COC(=O)C1CC2C=CC13C(=O)N(CC1CC1)CCC31c3cccc(OC)c3OC21. The van der Waals surface area contributed by atoms with Gasteiger partial charge >= 0.3 is 5.97 Å². The monoisotopic (exact) mass is 409 g/mol. The molecule has 2 heterocycles. The van der Waals surface area contributed by atoms with Gasteiger partial charge in [0.15, 0.2) is 11.5 Å². The van der Waals surface area contributed by atoms with Crippen LogP contribution in [0.1, 0.15) is 31.2 Å². The van der Waals surface area contributed by atoms with Crippen LogP contribution < -0.4 is 9.47 Å². The average Bonchev–Trinajstić information content (AvgIpc) is 3.53. The maximum atomic E-state index is 14.2. The number of ether oxygens (including phenoxy) is 3. The van der Waals surface area contributed by atoms with Crippen LogP contribution in [0.4, 0.5) is 0 Å². The molecule has 30 heavy (non-hydrogen) atoms. The maximum absolute atomic E-state index is 14.2. The lowest BCUT2D eigenvalue weighted by Crippen LogP contribution is -2.73. The van der Waals surface area contributed by atoms with Crippen molar-refractivity contribution in [1.29, 1.82) is 0 Å². The molecule has 2 saturated carbocycles. The number of likely N-dealkylation sites (tertiary alicyclic amines) is 1. The van der Waals surface area contributed by atoms with Crippen molar-refractivity contribution in [3.05, 3.63) is 35.9 Å². The van der Waals surface area contributed by atoms with Crippen molar-refractivity contribution in [2.75, 3.05) is 27.3 Å². The second-order valence-corrected chi connectivity index (χ2v) is 9.49. The normalized spacial score (nSPS) is 37.9. The van der Waals surface area contributed by atoms with Crippen LogP contribution >= 0.6 is 0 Å². The molecule has 158 valence electrons. The maximum Gasteiger partial charge on any atom is 0.310 e. The lowest BCUT2D eigenvalue weighted by atomic mass is 9.41. The molecule has 1 aromatic rings. The van der Waals surface area contributed by atoms with Gasteiger partial charge in [0.25, 0.3) is 0 Å². The average molecular weight is 409 g/mol. The Hall–Kier alpha value is -2.50. The van der Waals surface area contributed by atoms with Gasteiger partial charge in [-0.15, -0.1) is 0 Å². The lowest BCUT2D eigenvalue weighted by Gasteiger charge is -2.62. The summed E-state index contributed by atoms with van der Waals surface area (Å²) in [5, 5.41) is 0. The molecule has 2 bridgehead atoms. The molecule has 6 aliphatic rings. The van der Waals surface area contributed by atoms with Gasteiger partial charge in [0, 0.05) is 24.6 Å². The number of piperidine rings is 1. The van der Waals surface area contributed by atoms with Crippen LogP contribution in [0.5, 0.6) is 11.5 Å². The summed E-state index contributed by atoms with van der Waals surface area (Å²) in [4.78, 5) is 29.2. The molecule has 4 aliphatic carbocycles. The van der Waals surface area contributed by atoms with Crippen molar-refractivity contribution < 1.29 is 23.8 Å². The topological polar surface area (TPSA) is 65.1 Å². The van der Waals surface area contributed by atoms with E-state index in [1.54, 1.807) is 7.11 Å². The minimum atomic E-state index is -0.968. The van der Waals surface area contributed by atoms with E-state index < -0.39 is 16.7 Å². The van der Waals surface area contributed by atoms with E-state index in [2.05, 4.69) is 12.1 Å². The standard InChI is InChI=1S/C24H27NO5/c1-28-18-5-3-4-16-19(18)30-20-15-8-9-24(17(12-15)21(26)29-2)22(27)25(13-14-6-7-14)11-10-23(16,20)24/h3-5,8-9,14-15,17,20H,6-7,10-13H2,1-2H3. The largest absolute Gasteiger partial charge is 0.493 e. The molecule has 6 heteroatoms. The summed E-state index contributed by atoms with van der Waals surface area (Å²) >= 11 is 0. The second-order valence-electron chi connectivity index (χ2n) is 9.49. The first-order chi connectivity index (χ1) is 14.6. The second kappa shape index (κ2) is 6.02. The fraction of sp³-hybridized carbons (Fsp3) is 0.583. The zero-order valence-corrected chi connectivity index (χ0v) is 17.4. The summed E-state index contributed by atoms with van der Waals surface area (Å²) in [6.07, 6.45) is 7.72. The van der Waals surface area contributed by atoms with Gasteiger partial charge in [-0.1, -0.05) is 24.3 Å². The van der Waals surface area contributed by atoms with Gasteiger partial charge in [0.05, 0.1) is 31.0 Å². The molecular weight excluding hydrogens is 382 g/mol.